The van der Waals surface area contributed by atoms with Crippen molar-refractivity contribution in [2.24, 2.45) is 0 Å². The van der Waals surface area contributed by atoms with Crippen LogP contribution in [-0.4, -0.2) is 11.5 Å². The van der Waals surface area contributed by atoms with Crippen LogP contribution in [0.4, 0.5) is 0 Å². The highest BCUT2D eigenvalue weighted by atomic mass is 32.2. The fourth-order valence-corrected chi connectivity index (χ4v) is 3.33. The highest BCUT2D eigenvalue weighted by Gasteiger charge is 2.15. The molecule has 0 amide bonds. The minimum Gasteiger partial charge on any atom is -0.300 e. The van der Waals surface area contributed by atoms with E-state index in [1.165, 1.54) is 16.0 Å². The van der Waals surface area contributed by atoms with E-state index in [1.807, 2.05) is 36.4 Å². The second kappa shape index (κ2) is 8.60. The number of hydrogen-bond donors (Lipinski definition) is 0. The molecule has 2 heteroatoms. The third-order valence-corrected chi connectivity index (χ3v) is 4.68. The van der Waals surface area contributed by atoms with Gasteiger partial charge in [0, 0.05) is 17.1 Å². The smallest absolute Gasteiger partial charge is 0.130 e. The summed E-state index contributed by atoms with van der Waals surface area (Å²) in [4.78, 5) is 12.8. The molecule has 0 saturated heterocycles. The van der Waals surface area contributed by atoms with Crippen molar-refractivity contribution in [1.82, 2.24) is 0 Å². The first kappa shape index (κ1) is 16.6. The molecule has 0 N–H and O–H groups in total. The topological polar surface area (TPSA) is 17.1 Å². The molecule has 2 aromatic carbocycles. The third-order valence-electron chi connectivity index (χ3n) is 3.53. The van der Waals surface area contributed by atoms with E-state index in [2.05, 4.69) is 30.8 Å². The summed E-state index contributed by atoms with van der Waals surface area (Å²) in [6.45, 7) is 5.87. The van der Waals surface area contributed by atoms with Gasteiger partial charge in [0.1, 0.15) is 5.78 Å². The van der Waals surface area contributed by atoms with Crippen molar-refractivity contribution in [3.63, 3.8) is 0 Å². The highest BCUT2D eigenvalue weighted by Crippen LogP contribution is 2.29. The van der Waals surface area contributed by atoms with Crippen molar-refractivity contribution in [2.75, 3.05) is 5.75 Å². The number of thioether (sulfide) groups is 1. The predicted molar refractivity (Wildman–Crippen MR) is 95.4 cm³/mol. The van der Waals surface area contributed by atoms with E-state index in [4.69, 9.17) is 0 Å². The van der Waals surface area contributed by atoms with E-state index in [-0.39, 0.29) is 11.7 Å². The van der Waals surface area contributed by atoms with Crippen LogP contribution in [0.1, 0.15) is 31.2 Å². The van der Waals surface area contributed by atoms with Gasteiger partial charge in [-0.05, 0) is 37.0 Å². The normalized spacial score (nSPS) is 11.9. The Morgan fingerprint density at radius 1 is 1.00 bits per heavy atom. The quantitative estimate of drug-likeness (QED) is 0.474. The summed E-state index contributed by atoms with van der Waals surface area (Å²) in [5, 5.41) is 0. The molecule has 22 heavy (non-hydrogen) atoms. The van der Waals surface area contributed by atoms with Gasteiger partial charge >= 0.3 is 0 Å². The first-order chi connectivity index (χ1) is 10.6. The summed E-state index contributed by atoms with van der Waals surface area (Å²) in [6.07, 6.45) is 1.45. The highest BCUT2D eigenvalue weighted by molar-refractivity contribution is 7.99. The Balaban J connectivity index is 1.95. The molecule has 1 nitrogen and oxygen atoms in total. The van der Waals surface area contributed by atoms with Gasteiger partial charge in [-0.2, -0.15) is 0 Å². The molecule has 0 aliphatic rings. The number of carbonyl (C=O) groups excluding carboxylic acids is 1. The van der Waals surface area contributed by atoms with Crippen molar-refractivity contribution in [2.45, 2.75) is 30.6 Å². The summed E-state index contributed by atoms with van der Waals surface area (Å²) in [5.74, 6) is 1.37. The number of carbonyl (C=O) groups is 1. The van der Waals surface area contributed by atoms with E-state index >= 15 is 0 Å². The Hall–Kier alpha value is -1.80. The SMILES string of the molecule is C=C(CSc1ccccc1)CC(CC(C)=O)c1ccccc1. The number of benzene rings is 2. The largest absolute Gasteiger partial charge is 0.300 e. The Morgan fingerprint density at radius 3 is 2.18 bits per heavy atom. The summed E-state index contributed by atoms with van der Waals surface area (Å²) in [7, 11) is 0. The van der Waals surface area contributed by atoms with Crippen LogP contribution in [0.3, 0.4) is 0 Å². The van der Waals surface area contributed by atoms with E-state index in [1.54, 1.807) is 18.7 Å². The number of Topliss-reactive ketones (excluding diaryl/α,β-unsaturated/α-hetero) is 1. The molecule has 0 spiro atoms. The Labute approximate surface area is 137 Å². The summed E-state index contributed by atoms with van der Waals surface area (Å²) in [6, 6.07) is 20.6. The lowest BCUT2D eigenvalue weighted by Crippen LogP contribution is -2.06. The minimum absolute atomic E-state index is 0.234. The zero-order valence-corrected chi connectivity index (χ0v) is 13.8. The molecular formula is C20H22OS. The van der Waals surface area contributed by atoms with Gasteiger partial charge in [0.2, 0.25) is 0 Å². The fraction of sp³-hybridized carbons (Fsp3) is 0.250. The molecule has 0 aromatic heterocycles. The van der Waals surface area contributed by atoms with Gasteiger partial charge in [0.05, 0.1) is 0 Å². The molecule has 0 heterocycles. The van der Waals surface area contributed by atoms with Crippen LogP contribution < -0.4 is 0 Å². The molecule has 0 aliphatic heterocycles. The Kier molecular flexibility index (Phi) is 6.47. The first-order valence-electron chi connectivity index (χ1n) is 7.54. The van der Waals surface area contributed by atoms with Crippen molar-refractivity contribution in [1.29, 1.82) is 0 Å². The maximum absolute atomic E-state index is 11.6. The Bertz CT molecular complexity index is 604. The lowest BCUT2D eigenvalue weighted by molar-refractivity contribution is -0.117. The van der Waals surface area contributed by atoms with Gasteiger partial charge in [-0.25, -0.2) is 0 Å². The zero-order chi connectivity index (χ0) is 15.8. The van der Waals surface area contributed by atoms with Gasteiger partial charge in [-0.1, -0.05) is 60.7 Å². The Morgan fingerprint density at radius 2 is 1.59 bits per heavy atom. The van der Waals surface area contributed by atoms with Crippen LogP contribution in [0.5, 0.6) is 0 Å². The van der Waals surface area contributed by atoms with Crippen LogP contribution in [0.15, 0.2) is 77.7 Å². The van der Waals surface area contributed by atoms with Crippen LogP contribution in [0.25, 0.3) is 0 Å². The van der Waals surface area contributed by atoms with Gasteiger partial charge in [0.15, 0.2) is 0 Å². The van der Waals surface area contributed by atoms with Gasteiger partial charge in [-0.15, -0.1) is 11.8 Å². The van der Waals surface area contributed by atoms with E-state index in [0.29, 0.717) is 6.42 Å². The van der Waals surface area contributed by atoms with Crippen molar-refractivity contribution in [3.05, 3.63) is 78.4 Å². The summed E-state index contributed by atoms with van der Waals surface area (Å²) in [5.41, 5.74) is 2.41. The van der Waals surface area contributed by atoms with Crippen LogP contribution >= 0.6 is 11.8 Å². The second-order valence-corrected chi connectivity index (χ2v) is 6.62. The minimum atomic E-state index is 0.234. The monoisotopic (exact) mass is 310 g/mol. The molecule has 0 saturated carbocycles. The maximum Gasteiger partial charge on any atom is 0.130 e. The lowest BCUT2D eigenvalue weighted by atomic mass is 9.89. The first-order valence-corrected chi connectivity index (χ1v) is 8.52. The van der Waals surface area contributed by atoms with Gasteiger partial charge in [-0.3, -0.25) is 0 Å². The summed E-state index contributed by atoms with van der Waals surface area (Å²) >= 11 is 1.80. The number of rotatable bonds is 8. The van der Waals surface area contributed by atoms with Crippen molar-refractivity contribution < 1.29 is 4.79 Å². The lowest BCUT2D eigenvalue weighted by Gasteiger charge is -2.17. The molecule has 0 aliphatic carbocycles. The van der Waals surface area contributed by atoms with Gasteiger partial charge < -0.3 is 4.79 Å². The third kappa shape index (κ3) is 5.53. The second-order valence-electron chi connectivity index (χ2n) is 5.57. The van der Waals surface area contributed by atoms with E-state index in [9.17, 15) is 4.79 Å². The maximum atomic E-state index is 11.6. The van der Waals surface area contributed by atoms with Crippen molar-refractivity contribution in [3.8, 4) is 0 Å². The molecule has 114 valence electrons. The van der Waals surface area contributed by atoms with Crippen molar-refractivity contribution >= 4 is 17.5 Å². The molecule has 0 radical (unpaired) electrons. The molecule has 2 rings (SSSR count). The van der Waals surface area contributed by atoms with E-state index in [0.717, 1.165) is 12.2 Å². The average Bonchev–Trinajstić information content (AvgIpc) is 2.54. The van der Waals surface area contributed by atoms with Gasteiger partial charge in [0.25, 0.3) is 0 Å². The van der Waals surface area contributed by atoms with Crippen LogP contribution in [0, 0.1) is 0 Å². The summed E-state index contributed by atoms with van der Waals surface area (Å²) < 4.78 is 0. The standard InChI is InChI=1S/C20H22OS/c1-16(15-22-20-11-7-4-8-12-20)13-19(14-17(2)21)18-9-5-3-6-10-18/h3-12,19H,1,13-15H2,2H3. The molecular weight excluding hydrogens is 288 g/mol. The number of ketones is 1. The van der Waals surface area contributed by atoms with Crippen LogP contribution in [0.2, 0.25) is 0 Å². The average molecular weight is 310 g/mol. The molecule has 0 fully saturated rings. The fourth-order valence-electron chi connectivity index (χ4n) is 2.49. The zero-order valence-electron chi connectivity index (χ0n) is 13.0. The molecule has 1 unspecified atom stereocenters. The predicted octanol–water partition coefficient (Wildman–Crippen LogP) is 5.49. The molecule has 0 bridgehead atoms. The molecule has 1 atom stereocenters. The van der Waals surface area contributed by atoms with E-state index < -0.39 is 0 Å². The van der Waals surface area contributed by atoms with Crippen LogP contribution in [-0.2, 0) is 4.79 Å². The molecule has 2 aromatic rings. The number of hydrogen-bond acceptors (Lipinski definition) is 2.